The number of rotatable bonds is 2. The molecule has 0 aromatic heterocycles. The van der Waals surface area contributed by atoms with E-state index in [9.17, 15) is 0 Å². The van der Waals surface area contributed by atoms with Crippen molar-refractivity contribution in [2.24, 2.45) is 0 Å². The van der Waals surface area contributed by atoms with Gasteiger partial charge in [0.15, 0.2) is 0 Å². The zero-order chi connectivity index (χ0) is 24.2. The molecular weight excluding hydrogens is 432 g/mol. The summed E-state index contributed by atoms with van der Waals surface area (Å²) < 4.78 is 0. The van der Waals surface area contributed by atoms with Crippen molar-refractivity contribution in [1.82, 2.24) is 0 Å². The fourth-order valence-electron chi connectivity index (χ4n) is 6.04. The molecule has 0 unspecified atom stereocenters. The van der Waals surface area contributed by atoms with Crippen molar-refractivity contribution in [3.63, 3.8) is 0 Å². The molecule has 0 spiro atoms. The van der Waals surface area contributed by atoms with Crippen molar-refractivity contribution in [3.8, 4) is 22.3 Å². The van der Waals surface area contributed by atoms with E-state index in [0.29, 0.717) is 0 Å². The third-order valence-corrected chi connectivity index (χ3v) is 7.65. The highest BCUT2D eigenvalue weighted by molar-refractivity contribution is 6.22. The third kappa shape index (κ3) is 3.15. The van der Waals surface area contributed by atoms with Crippen LogP contribution in [0.15, 0.2) is 121 Å². The molecule has 0 aliphatic rings. The molecule has 0 N–H and O–H groups in total. The van der Waals surface area contributed by atoms with Gasteiger partial charge in [-0.15, -0.1) is 0 Å². The van der Waals surface area contributed by atoms with Gasteiger partial charge in [0.25, 0.3) is 0 Å². The van der Waals surface area contributed by atoms with Crippen LogP contribution in [0.2, 0.25) is 0 Å². The van der Waals surface area contributed by atoms with E-state index in [-0.39, 0.29) is 0 Å². The first-order chi connectivity index (χ1) is 17.7. The average molecular weight is 459 g/mol. The molecule has 7 aromatic carbocycles. The minimum atomic E-state index is 1.28. The monoisotopic (exact) mass is 458 g/mol. The molecule has 0 saturated carbocycles. The average Bonchev–Trinajstić information content (AvgIpc) is 2.91. The maximum absolute atomic E-state index is 2.36. The van der Waals surface area contributed by atoms with E-state index in [0.717, 1.165) is 0 Å². The minimum absolute atomic E-state index is 1.28. The highest BCUT2D eigenvalue weighted by atomic mass is 14.2. The second kappa shape index (κ2) is 8.07. The van der Waals surface area contributed by atoms with Crippen LogP contribution in [0.25, 0.3) is 65.3 Å². The van der Waals surface area contributed by atoms with Gasteiger partial charge in [0.1, 0.15) is 0 Å². The van der Waals surface area contributed by atoms with Crippen LogP contribution in [0.4, 0.5) is 0 Å². The van der Waals surface area contributed by atoms with Gasteiger partial charge in [-0.2, -0.15) is 0 Å². The van der Waals surface area contributed by atoms with Crippen molar-refractivity contribution in [3.05, 3.63) is 132 Å². The van der Waals surface area contributed by atoms with Gasteiger partial charge >= 0.3 is 0 Å². The summed E-state index contributed by atoms with van der Waals surface area (Å²) in [6.45, 7) is 4.45. The molecule has 0 heterocycles. The van der Waals surface area contributed by atoms with E-state index >= 15 is 0 Å². The normalized spacial score (nSPS) is 11.6. The van der Waals surface area contributed by atoms with Crippen LogP contribution in [-0.4, -0.2) is 0 Å². The summed E-state index contributed by atoms with van der Waals surface area (Å²) in [6.07, 6.45) is 0. The van der Waals surface area contributed by atoms with Crippen molar-refractivity contribution in [2.75, 3.05) is 0 Å². The maximum atomic E-state index is 2.36. The molecule has 0 aliphatic carbocycles. The lowest BCUT2D eigenvalue weighted by Crippen LogP contribution is -1.92. The first-order valence-electron chi connectivity index (χ1n) is 12.6. The van der Waals surface area contributed by atoms with Gasteiger partial charge in [0.2, 0.25) is 0 Å². The van der Waals surface area contributed by atoms with Crippen LogP contribution in [0.3, 0.4) is 0 Å². The van der Waals surface area contributed by atoms with E-state index in [2.05, 4.69) is 135 Å². The maximum Gasteiger partial charge on any atom is -0.00261 e. The summed E-state index contributed by atoms with van der Waals surface area (Å²) in [4.78, 5) is 0. The van der Waals surface area contributed by atoms with Gasteiger partial charge in [-0.3, -0.25) is 0 Å². The van der Waals surface area contributed by atoms with E-state index in [1.807, 2.05) is 0 Å². The SMILES string of the molecule is Cc1cc(-c2c3ccccc3c(-c3cc(C)c4ccccc4c3)c3ccccc23)cc2ccccc12. The Morgan fingerprint density at radius 1 is 0.333 bits per heavy atom. The van der Waals surface area contributed by atoms with Gasteiger partial charge < -0.3 is 0 Å². The molecule has 0 amide bonds. The molecule has 0 heteroatoms. The smallest absolute Gasteiger partial charge is 0.00261 e. The van der Waals surface area contributed by atoms with Gasteiger partial charge in [0, 0.05) is 0 Å². The predicted octanol–water partition coefficient (Wildman–Crippen LogP) is 10.3. The van der Waals surface area contributed by atoms with Crippen LogP contribution in [0.1, 0.15) is 11.1 Å². The predicted molar refractivity (Wildman–Crippen MR) is 157 cm³/mol. The standard InChI is InChI=1S/C36H26/c1-23-19-27(21-25-11-3-5-13-29(23)25)35-31-15-7-9-17-33(31)36(34-18-10-8-16-32(34)35)28-20-24(2)30-14-6-4-12-26(30)22-28/h3-22H,1-2H3. The lowest BCUT2D eigenvalue weighted by Gasteiger charge is -2.19. The van der Waals surface area contributed by atoms with E-state index in [4.69, 9.17) is 0 Å². The zero-order valence-electron chi connectivity index (χ0n) is 20.5. The van der Waals surface area contributed by atoms with Gasteiger partial charge in [-0.25, -0.2) is 0 Å². The largest absolute Gasteiger partial charge is 0.0616 e. The number of hydrogen-bond donors (Lipinski definition) is 0. The topological polar surface area (TPSA) is 0 Å². The van der Waals surface area contributed by atoms with Crippen molar-refractivity contribution < 1.29 is 0 Å². The number of hydrogen-bond acceptors (Lipinski definition) is 0. The van der Waals surface area contributed by atoms with Crippen molar-refractivity contribution >= 4 is 43.1 Å². The Hall–Kier alpha value is -4.42. The minimum Gasteiger partial charge on any atom is -0.0616 e. The van der Waals surface area contributed by atoms with Crippen molar-refractivity contribution in [1.29, 1.82) is 0 Å². The highest BCUT2D eigenvalue weighted by Crippen LogP contribution is 2.45. The second-order valence-electron chi connectivity index (χ2n) is 9.87. The fraction of sp³-hybridized carbons (Fsp3) is 0.0556. The molecule has 0 aliphatic heterocycles. The Labute approximate surface area is 211 Å². The Kier molecular flexibility index (Phi) is 4.69. The number of fused-ring (bicyclic) bond motifs is 4. The zero-order valence-corrected chi connectivity index (χ0v) is 20.5. The molecule has 0 saturated heterocycles. The number of benzene rings is 7. The Morgan fingerprint density at radius 2 is 0.639 bits per heavy atom. The molecule has 0 nitrogen and oxygen atoms in total. The summed E-state index contributed by atoms with van der Waals surface area (Å²) >= 11 is 0. The molecule has 7 rings (SSSR count). The summed E-state index contributed by atoms with van der Waals surface area (Å²) in [5, 5.41) is 10.4. The Morgan fingerprint density at radius 3 is 1.00 bits per heavy atom. The second-order valence-corrected chi connectivity index (χ2v) is 9.87. The van der Waals surface area contributed by atoms with E-state index < -0.39 is 0 Å². The van der Waals surface area contributed by atoms with E-state index in [1.165, 1.54) is 76.5 Å². The molecule has 0 bridgehead atoms. The highest BCUT2D eigenvalue weighted by Gasteiger charge is 2.17. The summed E-state index contributed by atoms with van der Waals surface area (Å²) in [5.74, 6) is 0. The summed E-state index contributed by atoms with van der Waals surface area (Å²) in [6, 6.07) is 44.7. The number of aryl methyl sites for hydroxylation is 2. The van der Waals surface area contributed by atoms with Crippen LogP contribution in [0, 0.1) is 13.8 Å². The third-order valence-electron chi connectivity index (χ3n) is 7.65. The van der Waals surface area contributed by atoms with Gasteiger partial charge in [-0.05, 0) is 102 Å². The first-order valence-corrected chi connectivity index (χ1v) is 12.6. The molecule has 0 fully saturated rings. The van der Waals surface area contributed by atoms with E-state index in [1.54, 1.807) is 0 Å². The summed E-state index contributed by atoms with van der Waals surface area (Å²) in [7, 11) is 0. The lowest BCUT2D eigenvalue weighted by molar-refractivity contribution is 1.52. The van der Waals surface area contributed by atoms with Crippen LogP contribution < -0.4 is 0 Å². The summed E-state index contributed by atoms with van der Waals surface area (Å²) in [5.41, 5.74) is 7.81. The molecule has 0 atom stereocenters. The van der Waals surface area contributed by atoms with Gasteiger partial charge in [0.05, 0.1) is 0 Å². The van der Waals surface area contributed by atoms with Crippen LogP contribution in [0.5, 0.6) is 0 Å². The van der Waals surface area contributed by atoms with Crippen LogP contribution in [-0.2, 0) is 0 Å². The molecule has 36 heavy (non-hydrogen) atoms. The molecule has 170 valence electrons. The fourth-order valence-corrected chi connectivity index (χ4v) is 6.04. The van der Waals surface area contributed by atoms with Gasteiger partial charge in [-0.1, -0.05) is 109 Å². The van der Waals surface area contributed by atoms with Crippen LogP contribution >= 0.6 is 0 Å². The lowest BCUT2D eigenvalue weighted by atomic mass is 9.84. The Bertz CT molecular complexity index is 1760. The molecular formula is C36H26. The molecule has 7 aromatic rings. The first kappa shape index (κ1) is 20.9. The Balaban J connectivity index is 1.63. The quantitative estimate of drug-likeness (QED) is 0.226. The van der Waals surface area contributed by atoms with Crippen molar-refractivity contribution in [2.45, 2.75) is 13.8 Å². The molecule has 0 radical (unpaired) electrons.